The number of aliphatic hydroxyl groups excluding tert-OH is 1. The molecule has 0 bridgehead atoms. The predicted octanol–water partition coefficient (Wildman–Crippen LogP) is 2.45. The molecule has 1 aliphatic rings. The molecule has 1 aliphatic heterocycles. The number of hydrogen-bond donors (Lipinski definition) is 1. The molecular weight excluding hydrogens is 264 g/mol. The Hall–Kier alpha value is -1.94. The standard InChI is InChI=1S/C17H20N2O2/c1-11-5-6-13-9-15(12(2)18-16(13)8-11)17(21)19-7-3-4-14(19)10-20/h5-6,8-9,14,20H,3-4,7,10H2,1-2H3/t14-/m1/s1. The van der Waals surface area contributed by atoms with E-state index in [1.807, 2.05) is 38.1 Å². The Kier molecular flexibility index (Phi) is 3.64. The zero-order chi connectivity index (χ0) is 15.0. The molecule has 0 radical (unpaired) electrons. The molecule has 1 aromatic heterocycles. The number of likely N-dealkylation sites (tertiary alicyclic amines) is 1. The van der Waals surface area contributed by atoms with Gasteiger partial charge in [0.15, 0.2) is 0 Å². The topological polar surface area (TPSA) is 53.4 Å². The average molecular weight is 284 g/mol. The second-order valence-electron chi connectivity index (χ2n) is 5.79. The maximum absolute atomic E-state index is 12.7. The van der Waals surface area contributed by atoms with Crippen molar-refractivity contribution in [3.05, 3.63) is 41.1 Å². The minimum absolute atomic E-state index is 0.0148. The maximum atomic E-state index is 12.7. The maximum Gasteiger partial charge on any atom is 0.256 e. The summed E-state index contributed by atoms with van der Waals surface area (Å²) in [6.45, 7) is 4.66. The molecule has 2 heterocycles. The van der Waals surface area contributed by atoms with Crippen LogP contribution >= 0.6 is 0 Å². The van der Waals surface area contributed by atoms with E-state index in [0.29, 0.717) is 5.56 Å². The summed E-state index contributed by atoms with van der Waals surface area (Å²) in [5.74, 6) is -0.0148. The van der Waals surface area contributed by atoms with E-state index in [1.165, 1.54) is 0 Å². The van der Waals surface area contributed by atoms with Gasteiger partial charge in [-0.3, -0.25) is 9.78 Å². The predicted molar refractivity (Wildman–Crippen MR) is 82.4 cm³/mol. The van der Waals surface area contributed by atoms with Gasteiger partial charge in [0.1, 0.15) is 0 Å². The lowest BCUT2D eigenvalue weighted by Crippen LogP contribution is -2.38. The minimum atomic E-state index is -0.0504. The van der Waals surface area contributed by atoms with Gasteiger partial charge in [-0.05, 0) is 44.4 Å². The molecule has 0 spiro atoms. The third kappa shape index (κ3) is 2.51. The Labute approximate surface area is 124 Å². The van der Waals surface area contributed by atoms with Gasteiger partial charge < -0.3 is 10.0 Å². The Bertz CT molecular complexity index is 696. The molecule has 1 atom stereocenters. The number of fused-ring (bicyclic) bond motifs is 1. The van der Waals surface area contributed by atoms with Gasteiger partial charge >= 0.3 is 0 Å². The fraction of sp³-hybridized carbons (Fsp3) is 0.412. The van der Waals surface area contributed by atoms with E-state index in [1.54, 1.807) is 4.90 Å². The highest BCUT2D eigenvalue weighted by atomic mass is 16.3. The number of aromatic nitrogens is 1. The fourth-order valence-corrected chi connectivity index (χ4v) is 3.04. The zero-order valence-electron chi connectivity index (χ0n) is 12.5. The van der Waals surface area contributed by atoms with E-state index in [9.17, 15) is 9.90 Å². The van der Waals surface area contributed by atoms with Crippen LogP contribution in [0.2, 0.25) is 0 Å². The lowest BCUT2D eigenvalue weighted by molar-refractivity contribution is 0.0676. The highest BCUT2D eigenvalue weighted by Crippen LogP contribution is 2.23. The Morgan fingerprint density at radius 3 is 2.95 bits per heavy atom. The molecule has 3 rings (SSSR count). The van der Waals surface area contributed by atoms with Gasteiger partial charge in [-0.2, -0.15) is 0 Å². The summed E-state index contributed by atoms with van der Waals surface area (Å²) in [7, 11) is 0. The number of aryl methyl sites for hydroxylation is 2. The molecule has 0 unspecified atom stereocenters. The molecule has 0 aliphatic carbocycles. The van der Waals surface area contributed by atoms with Gasteiger partial charge in [-0.1, -0.05) is 12.1 Å². The van der Waals surface area contributed by atoms with Crippen molar-refractivity contribution < 1.29 is 9.90 Å². The summed E-state index contributed by atoms with van der Waals surface area (Å²) >= 11 is 0. The molecule has 1 N–H and O–H groups in total. The summed E-state index contributed by atoms with van der Waals surface area (Å²) in [5, 5.41) is 10.4. The summed E-state index contributed by atoms with van der Waals surface area (Å²) < 4.78 is 0. The van der Waals surface area contributed by atoms with E-state index in [2.05, 4.69) is 4.98 Å². The van der Waals surface area contributed by atoms with Crippen LogP contribution in [0, 0.1) is 13.8 Å². The van der Waals surface area contributed by atoms with E-state index in [4.69, 9.17) is 0 Å². The second-order valence-corrected chi connectivity index (χ2v) is 5.79. The molecule has 1 fully saturated rings. The first kappa shape index (κ1) is 14.0. The van der Waals surface area contributed by atoms with Crippen molar-refractivity contribution in [3.8, 4) is 0 Å². The molecule has 1 amide bonds. The first-order valence-corrected chi connectivity index (χ1v) is 7.40. The second kappa shape index (κ2) is 5.45. The molecule has 110 valence electrons. The van der Waals surface area contributed by atoms with Crippen LogP contribution in [-0.2, 0) is 0 Å². The van der Waals surface area contributed by atoms with E-state index in [-0.39, 0.29) is 18.6 Å². The highest BCUT2D eigenvalue weighted by Gasteiger charge is 2.29. The SMILES string of the molecule is Cc1ccc2cc(C(=O)N3CCC[C@@H]3CO)c(C)nc2c1. The monoisotopic (exact) mass is 284 g/mol. The van der Waals surface area contributed by atoms with Gasteiger partial charge in [0.25, 0.3) is 5.91 Å². The summed E-state index contributed by atoms with van der Waals surface area (Å²) in [6.07, 6.45) is 1.83. The number of aliphatic hydroxyl groups is 1. The van der Waals surface area contributed by atoms with Crippen molar-refractivity contribution >= 4 is 16.8 Å². The highest BCUT2D eigenvalue weighted by molar-refractivity contribution is 5.99. The van der Waals surface area contributed by atoms with Gasteiger partial charge in [-0.25, -0.2) is 0 Å². The number of benzene rings is 1. The summed E-state index contributed by atoms with van der Waals surface area (Å²) in [4.78, 5) is 19.1. The van der Waals surface area contributed by atoms with Crippen LogP contribution in [0.5, 0.6) is 0 Å². The van der Waals surface area contributed by atoms with E-state index >= 15 is 0 Å². The van der Waals surface area contributed by atoms with Crippen LogP contribution in [0.1, 0.15) is 34.5 Å². The molecule has 1 aromatic carbocycles. The van der Waals surface area contributed by atoms with Crippen LogP contribution in [0.3, 0.4) is 0 Å². The summed E-state index contributed by atoms with van der Waals surface area (Å²) in [5.41, 5.74) is 3.48. The average Bonchev–Trinajstić information content (AvgIpc) is 2.94. The first-order valence-electron chi connectivity index (χ1n) is 7.40. The van der Waals surface area contributed by atoms with Crippen molar-refractivity contribution in [2.24, 2.45) is 0 Å². The van der Waals surface area contributed by atoms with Crippen LogP contribution in [0.15, 0.2) is 24.3 Å². The van der Waals surface area contributed by atoms with Crippen LogP contribution in [-0.4, -0.2) is 40.1 Å². The number of carbonyl (C=O) groups is 1. The van der Waals surface area contributed by atoms with Crippen LogP contribution in [0.25, 0.3) is 10.9 Å². The normalized spacial score (nSPS) is 18.4. The smallest absolute Gasteiger partial charge is 0.256 e. The number of amides is 1. The van der Waals surface area contributed by atoms with Crippen molar-refractivity contribution in [3.63, 3.8) is 0 Å². The van der Waals surface area contributed by atoms with E-state index in [0.717, 1.165) is 41.5 Å². The third-order valence-electron chi connectivity index (χ3n) is 4.24. The van der Waals surface area contributed by atoms with Crippen molar-refractivity contribution in [1.29, 1.82) is 0 Å². The number of carbonyl (C=O) groups excluding carboxylic acids is 1. The quantitative estimate of drug-likeness (QED) is 0.921. The number of hydrogen-bond acceptors (Lipinski definition) is 3. The lowest BCUT2D eigenvalue weighted by Gasteiger charge is -2.23. The Morgan fingerprint density at radius 1 is 1.38 bits per heavy atom. The van der Waals surface area contributed by atoms with E-state index < -0.39 is 0 Å². The van der Waals surface area contributed by atoms with Crippen molar-refractivity contribution in [2.75, 3.05) is 13.2 Å². The lowest BCUT2D eigenvalue weighted by atomic mass is 10.1. The third-order valence-corrected chi connectivity index (χ3v) is 4.24. The number of pyridine rings is 1. The number of rotatable bonds is 2. The van der Waals surface area contributed by atoms with Gasteiger partial charge in [0, 0.05) is 11.9 Å². The Morgan fingerprint density at radius 2 is 2.19 bits per heavy atom. The molecule has 4 nitrogen and oxygen atoms in total. The van der Waals surface area contributed by atoms with Crippen molar-refractivity contribution in [1.82, 2.24) is 9.88 Å². The molecule has 0 saturated carbocycles. The zero-order valence-corrected chi connectivity index (χ0v) is 12.5. The molecule has 2 aromatic rings. The van der Waals surface area contributed by atoms with Crippen molar-refractivity contribution in [2.45, 2.75) is 32.7 Å². The van der Waals surface area contributed by atoms with Crippen LogP contribution in [0.4, 0.5) is 0 Å². The molecular formula is C17H20N2O2. The first-order chi connectivity index (χ1) is 10.1. The van der Waals surface area contributed by atoms with Crippen LogP contribution < -0.4 is 0 Å². The number of nitrogens with zero attached hydrogens (tertiary/aromatic N) is 2. The van der Waals surface area contributed by atoms with Gasteiger partial charge in [0.05, 0.1) is 29.4 Å². The largest absolute Gasteiger partial charge is 0.394 e. The fourth-order valence-electron chi connectivity index (χ4n) is 3.04. The molecule has 21 heavy (non-hydrogen) atoms. The van der Waals surface area contributed by atoms with Gasteiger partial charge in [0.2, 0.25) is 0 Å². The molecule has 4 heteroatoms. The Balaban J connectivity index is 2.01. The van der Waals surface area contributed by atoms with Gasteiger partial charge in [-0.15, -0.1) is 0 Å². The molecule has 1 saturated heterocycles. The minimum Gasteiger partial charge on any atom is -0.394 e. The summed E-state index contributed by atoms with van der Waals surface area (Å²) in [6, 6.07) is 7.93.